The van der Waals surface area contributed by atoms with Crippen molar-refractivity contribution in [3.05, 3.63) is 35.4 Å². The summed E-state index contributed by atoms with van der Waals surface area (Å²) in [4.78, 5) is 11.6. The van der Waals surface area contributed by atoms with E-state index in [-0.39, 0.29) is 11.3 Å². The maximum atomic E-state index is 13.2. The molecule has 0 bridgehead atoms. The number of rotatable bonds is 5. The number of carbonyl (C=O) groups is 1. The lowest BCUT2D eigenvalue weighted by atomic mass is 10.0. The van der Waals surface area contributed by atoms with Crippen LogP contribution in [0.3, 0.4) is 0 Å². The van der Waals surface area contributed by atoms with Gasteiger partial charge in [0.05, 0.1) is 5.56 Å². The molecule has 0 aliphatic rings. The first kappa shape index (κ1) is 12.8. The topological polar surface area (TPSA) is 17.1 Å². The van der Waals surface area contributed by atoms with Gasteiger partial charge < -0.3 is 0 Å². The number of halogens is 2. The van der Waals surface area contributed by atoms with Crippen LogP contribution in [0.2, 0.25) is 0 Å². The third-order valence-electron chi connectivity index (χ3n) is 2.42. The summed E-state index contributed by atoms with van der Waals surface area (Å²) in [6.45, 7) is 4.14. The fraction of sp³-hybridized carbons (Fsp3) is 0.462. The Bertz CT molecular complexity index is 372. The van der Waals surface area contributed by atoms with Crippen LogP contribution in [-0.2, 0) is 0 Å². The summed E-state index contributed by atoms with van der Waals surface area (Å²) in [6.07, 6.45) is 2.00. The van der Waals surface area contributed by atoms with E-state index in [2.05, 4.69) is 13.8 Å². The predicted octanol–water partition coefficient (Wildman–Crippen LogP) is 3.97. The minimum Gasteiger partial charge on any atom is -0.294 e. The molecule has 0 heterocycles. The van der Waals surface area contributed by atoms with Gasteiger partial charge in [-0.1, -0.05) is 20.3 Å². The Morgan fingerprint density at radius 2 is 2.00 bits per heavy atom. The summed E-state index contributed by atoms with van der Waals surface area (Å²) in [6, 6.07) is 3.07. The highest BCUT2D eigenvalue weighted by Gasteiger charge is 2.12. The van der Waals surface area contributed by atoms with E-state index in [1.54, 1.807) is 0 Å². The summed E-state index contributed by atoms with van der Waals surface area (Å²) in [5.41, 5.74) is -0.00911. The van der Waals surface area contributed by atoms with Gasteiger partial charge in [-0.3, -0.25) is 4.79 Å². The highest BCUT2D eigenvalue weighted by molar-refractivity contribution is 5.96. The van der Waals surface area contributed by atoms with Crippen molar-refractivity contribution in [2.45, 2.75) is 33.1 Å². The molecule has 0 amide bonds. The zero-order chi connectivity index (χ0) is 12.1. The fourth-order valence-electron chi connectivity index (χ4n) is 1.52. The minimum absolute atomic E-state index is 0.00911. The van der Waals surface area contributed by atoms with E-state index < -0.39 is 11.6 Å². The number of carbonyl (C=O) groups excluding carboxylic acids is 1. The summed E-state index contributed by atoms with van der Waals surface area (Å²) in [5.74, 6) is -1.14. The predicted molar refractivity (Wildman–Crippen MR) is 59.4 cm³/mol. The second-order valence-corrected chi connectivity index (χ2v) is 4.33. The molecule has 0 fully saturated rings. The lowest BCUT2D eigenvalue weighted by molar-refractivity contribution is 0.0974. The highest BCUT2D eigenvalue weighted by Crippen LogP contribution is 2.14. The minimum atomic E-state index is -0.769. The van der Waals surface area contributed by atoms with Gasteiger partial charge in [0.15, 0.2) is 5.78 Å². The molecule has 1 aromatic rings. The molecule has 0 unspecified atom stereocenters. The van der Waals surface area contributed by atoms with Crippen molar-refractivity contribution < 1.29 is 13.6 Å². The summed E-state index contributed by atoms with van der Waals surface area (Å²) >= 11 is 0. The van der Waals surface area contributed by atoms with Gasteiger partial charge in [0.1, 0.15) is 11.6 Å². The Morgan fingerprint density at radius 3 is 2.56 bits per heavy atom. The standard InChI is InChI=1S/C13H16F2O/c1-9(2)4-3-5-13(16)11-7-6-10(14)8-12(11)15/h6-9H,3-5H2,1-2H3. The Kier molecular flexibility index (Phi) is 4.59. The second-order valence-electron chi connectivity index (χ2n) is 4.33. The van der Waals surface area contributed by atoms with Gasteiger partial charge in [0.2, 0.25) is 0 Å². The first-order valence-corrected chi connectivity index (χ1v) is 5.49. The van der Waals surface area contributed by atoms with Gasteiger partial charge in [0.25, 0.3) is 0 Å². The van der Waals surface area contributed by atoms with E-state index in [0.717, 1.165) is 25.0 Å². The third-order valence-corrected chi connectivity index (χ3v) is 2.42. The van der Waals surface area contributed by atoms with Crippen molar-refractivity contribution in [2.75, 3.05) is 0 Å². The van der Waals surface area contributed by atoms with Crippen LogP contribution < -0.4 is 0 Å². The van der Waals surface area contributed by atoms with Gasteiger partial charge in [-0.2, -0.15) is 0 Å². The monoisotopic (exact) mass is 226 g/mol. The first-order chi connectivity index (χ1) is 7.50. The lowest BCUT2D eigenvalue weighted by Crippen LogP contribution is -2.03. The molecule has 1 aromatic carbocycles. The number of hydrogen-bond donors (Lipinski definition) is 0. The number of benzene rings is 1. The molecule has 16 heavy (non-hydrogen) atoms. The van der Waals surface area contributed by atoms with Crippen molar-refractivity contribution >= 4 is 5.78 Å². The van der Waals surface area contributed by atoms with Crippen LogP contribution >= 0.6 is 0 Å². The number of ketones is 1. The van der Waals surface area contributed by atoms with Gasteiger partial charge in [-0.05, 0) is 24.5 Å². The number of hydrogen-bond acceptors (Lipinski definition) is 1. The highest BCUT2D eigenvalue weighted by atomic mass is 19.1. The Labute approximate surface area is 94.5 Å². The molecule has 0 N–H and O–H groups in total. The largest absolute Gasteiger partial charge is 0.294 e. The van der Waals surface area contributed by atoms with E-state index in [1.165, 1.54) is 6.07 Å². The lowest BCUT2D eigenvalue weighted by Gasteiger charge is -2.04. The van der Waals surface area contributed by atoms with E-state index in [1.807, 2.05) is 0 Å². The summed E-state index contributed by atoms with van der Waals surface area (Å²) < 4.78 is 25.8. The fourth-order valence-corrected chi connectivity index (χ4v) is 1.52. The van der Waals surface area contributed by atoms with E-state index in [9.17, 15) is 13.6 Å². The van der Waals surface area contributed by atoms with Crippen LogP contribution in [0.1, 0.15) is 43.5 Å². The van der Waals surface area contributed by atoms with E-state index in [0.29, 0.717) is 12.3 Å². The normalized spacial score (nSPS) is 10.8. The molecule has 0 aliphatic heterocycles. The average Bonchev–Trinajstić information content (AvgIpc) is 2.16. The Hall–Kier alpha value is -1.25. The Balaban J connectivity index is 2.59. The van der Waals surface area contributed by atoms with Crippen LogP contribution in [0.15, 0.2) is 18.2 Å². The maximum absolute atomic E-state index is 13.2. The Morgan fingerprint density at radius 1 is 1.31 bits per heavy atom. The van der Waals surface area contributed by atoms with Crippen LogP contribution in [0, 0.1) is 17.6 Å². The van der Waals surface area contributed by atoms with Crippen molar-refractivity contribution in [3.8, 4) is 0 Å². The van der Waals surface area contributed by atoms with Crippen molar-refractivity contribution in [2.24, 2.45) is 5.92 Å². The molecule has 0 saturated heterocycles. The second kappa shape index (κ2) is 5.73. The van der Waals surface area contributed by atoms with Crippen LogP contribution in [0.5, 0.6) is 0 Å². The third kappa shape index (κ3) is 3.72. The molecule has 1 rings (SSSR count). The van der Waals surface area contributed by atoms with Crippen molar-refractivity contribution in [3.63, 3.8) is 0 Å². The SMILES string of the molecule is CC(C)CCCC(=O)c1ccc(F)cc1F. The van der Waals surface area contributed by atoms with Gasteiger partial charge >= 0.3 is 0 Å². The summed E-state index contributed by atoms with van der Waals surface area (Å²) in [5, 5.41) is 0. The van der Waals surface area contributed by atoms with Gasteiger partial charge in [0, 0.05) is 12.5 Å². The quantitative estimate of drug-likeness (QED) is 0.694. The molecule has 0 aliphatic carbocycles. The zero-order valence-electron chi connectivity index (χ0n) is 9.59. The molecule has 3 heteroatoms. The van der Waals surface area contributed by atoms with Gasteiger partial charge in [-0.15, -0.1) is 0 Å². The molecular weight excluding hydrogens is 210 g/mol. The molecule has 0 radical (unpaired) electrons. The van der Waals surface area contributed by atoms with E-state index in [4.69, 9.17) is 0 Å². The molecular formula is C13H16F2O. The van der Waals surface area contributed by atoms with Crippen molar-refractivity contribution in [1.29, 1.82) is 0 Å². The maximum Gasteiger partial charge on any atom is 0.165 e. The average molecular weight is 226 g/mol. The first-order valence-electron chi connectivity index (χ1n) is 5.49. The molecule has 0 aromatic heterocycles. The number of Topliss-reactive ketones (excluding diaryl/α,β-unsaturated/α-hetero) is 1. The summed E-state index contributed by atoms with van der Waals surface area (Å²) in [7, 11) is 0. The smallest absolute Gasteiger partial charge is 0.165 e. The van der Waals surface area contributed by atoms with Crippen LogP contribution in [0.4, 0.5) is 8.78 Å². The molecule has 0 saturated carbocycles. The van der Waals surface area contributed by atoms with Crippen LogP contribution in [-0.4, -0.2) is 5.78 Å². The zero-order valence-corrected chi connectivity index (χ0v) is 9.59. The molecule has 1 nitrogen and oxygen atoms in total. The van der Waals surface area contributed by atoms with Crippen molar-refractivity contribution in [1.82, 2.24) is 0 Å². The van der Waals surface area contributed by atoms with E-state index >= 15 is 0 Å². The molecule has 0 spiro atoms. The van der Waals surface area contributed by atoms with Crippen LogP contribution in [0.25, 0.3) is 0 Å². The van der Waals surface area contributed by atoms with Gasteiger partial charge in [-0.25, -0.2) is 8.78 Å². The molecule has 0 atom stereocenters. The molecule has 88 valence electrons.